The fourth-order valence-electron chi connectivity index (χ4n) is 3.28. The number of carbonyl (C=O) groups is 1. The maximum absolute atomic E-state index is 12.5. The van der Waals surface area contributed by atoms with Crippen molar-refractivity contribution in [2.24, 2.45) is 7.05 Å². The summed E-state index contributed by atoms with van der Waals surface area (Å²) in [4.78, 5) is 12.5. The molecule has 0 aliphatic heterocycles. The van der Waals surface area contributed by atoms with Gasteiger partial charge in [0.1, 0.15) is 23.9 Å². The molecule has 0 bridgehead atoms. The highest BCUT2D eigenvalue weighted by atomic mass is 32.2. The van der Waals surface area contributed by atoms with E-state index in [4.69, 9.17) is 14.2 Å². The van der Waals surface area contributed by atoms with Crippen LogP contribution in [0.1, 0.15) is 5.82 Å². The van der Waals surface area contributed by atoms with E-state index in [-0.39, 0.29) is 18.3 Å². The van der Waals surface area contributed by atoms with E-state index in [2.05, 4.69) is 15.5 Å². The van der Waals surface area contributed by atoms with Crippen LogP contribution in [-0.2, 0) is 18.4 Å². The number of hydrogen-bond acceptors (Lipinski definition) is 7. The predicted octanol–water partition coefficient (Wildman–Crippen LogP) is 4.30. The van der Waals surface area contributed by atoms with Crippen LogP contribution in [0.15, 0.2) is 65.8 Å². The van der Waals surface area contributed by atoms with Crippen LogP contribution in [0, 0.1) is 0 Å². The molecule has 0 radical (unpaired) electrons. The van der Waals surface area contributed by atoms with Gasteiger partial charge in [-0.25, -0.2) is 0 Å². The number of benzene rings is 3. The first kappa shape index (κ1) is 22.5. The van der Waals surface area contributed by atoms with Crippen LogP contribution >= 0.6 is 11.8 Å². The van der Waals surface area contributed by atoms with Crippen LogP contribution in [0.25, 0.3) is 10.8 Å². The summed E-state index contributed by atoms with van der Waals surface area (Å²) in [6.45, 7) is 0.271. The molecule has 1 amide bonds. The van der Waals surface area contributed by atoms with Crippen molar-refractivity contribution in [1.29, 1.82) is 0 Å². The van der Waals surface area contributed by atoms with Crippen molar-refractivity contribution in [2.45, 2.75) is 11.8 Å². The third-order valence-corrected chi connectivity index (χ3v) is 6.07. The molecule has 4 aromatic rings. The number of fused-ring (bicyclic) bond motifs is 1. The van der Waals surface area contributed by atoms with Crippen LogP contribution in [-0.4, -0.2) is 40.6 Å². The minimum absolute atomic E-state index is 0.172. The number of methoxy groups -OCH3 is 2. The average Bonchev–Trinajstić information content (AvgIpc) is 3.20. The lowest BCUT2D eigenvalue weighted by Gasteiger charge is -2.11. The van der Waals surface area contributed by atoms with E-state index in [0.29, 0.717) is 28.2 Å². The van der Waals surface area contributed by atoms with E-state index < -0.39 is 0 Å². The monoisotopic (exact) mass is 464 g/mol. The highest BCUT2D eigenvalue weighted by Crippen LogP contribution is 2.29. The number of thioether (sulfide) groups is 1. The third kappa shape index (κ3) is 5.20. The standard InChI is InChI=1S/C24H24N4O4S/c1-28-22(14-32-20-10-6-8-16-7-4-5-9-18(16)20)26-27-24(28)33-15-23(29)25-19-12-11-17(30-2)13-21(19)31-3/h4-13H,14-15H2,1-3H3,(H,25,29). The number of nitrogens with zero attached hydrogens (tertiary/aromatic N) is 3. The number of rotatable bonds is 9. The molecular formula is C24H24N4O4S. The van der Waals surface area contributed by atoms with Gasteiger partial charge < -0.3 is 24.1 Å². The summed E-state index contributed by atoms with van der Waals surface area (Å²) >= 11 is 1.30. The molecular weight excluding hydrogens is 440 g/mol. The molecule has 0 fully saturated rings. The Balaban J connectivity index is 1.36. The van der Waals surface area contributed by atoms with E-state index in [1.54, 1.807) is 32.4 Å². The Morgan fingerprint density at radius 1 is 1.00 bits per heavy atom. The summed E-state index contributed by atoms with van der Waals surface area (Å²) in [5.74, 6) is 2.63. The summed E-state index contributed by atoms with van der Waals surface area (Å²) in [5.41, 5.74) is 0.575. The molecule has 0 spiro atoms. The molecule has 4 rings (SSSR count). The highest BCUT2D eigenvalue weighted by Gasteiger charge is 2.14. The molecule has 0 atom stereocenters. The second-order valence-corrected chi connectivity index (χ2v) is 8.07. The second kappa shape index (κ2) is 10.3. The summed E-state index contributed by atoms with van der Waals surface area (Å²) < 4.78 is 18.3. The minimum atomic E-state index is -0.181. The SMILES string of the molecule is COc1ccc(NC(=O)CSc2nnc(COc3cccc4ccccc34)n2C)c(OC)c1. The molecule has 0 aliphatic carbocycles. The zero-order valence-corrected chi connectivity index (χ0v) is 19.4. The third-order valence-electron chi connectivity index (χ3n) is 5.05. The summed E-state index contributed by atoms with van der Waals surface area (Å²) in [6.07, 6.45) is 0. The van der Waals surface area contributed by atoms with E-state index in [0.717, 1.165) is 16.5 Å². The molecule has 0 saturated heterocycles. The number of aromatic nitrogens is 3. The molecule has 0 saturated carbocycles. The number of hydrogen-bond donors (Lipinski definition) is 1. The molecule has 3 aromatic carbocycles. The fraction of sp³-hybridized carbons (Fsp3) is 0.208. The van der Waals surface area contributed by atoms with Gasteiger partial charge in [-0.2, -0.15) is 0 Å². The summed E-state index contributed by atoms with van der Waals surface area (Å²) in [6, 6.07) is 19.2. The van der Waals surface area contributed by atoms with Crippen molar-refractivity contribution in [3.63, 3.8) is 0 Å². The normalized spacial score (nSPS) is 10.8. The Labute approximate surface area is 195 Å². The zero-order chi connectivity index (χ0) is 23.2. The van der Waals surface area contributed by atoms with E-state index in [1.807, 2.05) is 54.1 Å². The summed E-state index contributed by atoms with van der Waals surface area (Å²) in [5, 5.41) is 14.1. The van der Waals surface area contributed by atoms with Gasteiger partial charge in [-0.3, -0.25) is 4.79 Å². The van der Waals surface area contributed by atoms with Crippen LogP contribution in [0.3, 0.4) is 0 Å². The lowest BCUT2D eigenvalue weighted by molar-refractivity contribution is -0.113. The van der Waals surface area contributed by atoms with Crippen molar-refractivity contribution in [1.82, 2.24) is 14.8 Å². The van der Waals surface area contributed by atoms with Crippen molar-refractivity contribution in [3.05, 3.63) is 66.5 Å². The van der Waals surface area contributed by atoms with Gasteiger partial charge >= 0.3 is 0 Å². The molecule has 33 heavy (non-hydrogen) atoms. The Hall–Kier alpha value is -3.72. The number of amides is 1. The van der Waals surface area contributed by atoms with Gasteiger partial charge in [0, 0.05) is 18.5 Å². The molecule has 0 aliphatic rings. The average molecular weight is 465 g/mol. The van der Waals surface area contributed by atoms with Crippen LogP contribution in [0.5, 0.6) is 17.2 Å². The largest absolute Gasteiger partial charge is 0.497 e. The summed E-state index contributed by atoms with van der Waals surface area (Å²) in [7, 11) is 4.97. The number of ether oxygens (including phenoxy) is 3. The predicted molar refractivity (Wildman–Crippen MR) is 128 cm³/mol. The van der Waals surface area contributed by atoms with Crippen LogP contribution in [0.2, 0.25) is 0 Å². The van der Waals surface area contributed by atoms with Gasteiger partial charge in [-0.1, -0.05) is 48.2 Å². The van der Waals surface area contributed by atoms with Gasteiger partial charge in [-0.05, 0) is 23.6 Å². The maximum Gasteiger partial charge on any atom is 0.234 e. The van der Waals surface area contributed by atoms with Crippen molar-refractivity contribution >= 4 is 34.1 Å². The van der Waals surface area contributed by atoms with Crippen molar-refractivity contribution in [2.75, 3.05) is 25.3 Å². The van der Waals surface area contributed by atoms with Crippen molar-refractivity contribution < 1.29 is 19.0 Å². The molecule has 8 nitrogen and oxygen atoms in total. The molecule has 170 valence electrons. The van der Waals surface area contributed by atoms with Crippen molar-refractivity contribution in [3.8, 4) is 17.2 Å². The molecule has 9 heteroatoms. The second-order valence-electron chi connectivity index (χ2n) is 7.13. The zero-order valence-electron chi connectivity index (χ0n) is 18.6. The smallest absolute Gasteiger partial charge is 0.234 e. The molecule has 1 heterocycles. The number of carbonyl (C=O) groups excluding carboxylic acids is 1. The van der Waals surface area contributed by atoms with Gasteiger partial charge in [0.05, 0.1) is 25.7 Å². The first-order chi connectivity index (χ1) is 16.1. The first-order valence-corrected chi connectivity index (χ1v) is 11.2. The number of nitrogens with one attached hydrogen (secondary N) is 1. The van der Waals surface area contributed by atoms with E-state index in [1.165, 1.54) is 11.8 Å². The maximum atomic E-state index is 12.5. The Morgan fingerprint density at radius 2 is 1.82 bits per heavy atom. The molecule has 1 N–H and O–H groups in total. The van der Waals surface area contributed by atoms with E-state index in [9.17, 15) is 4.79 Å². The van der Waals surface area contributed by atoms with Crippen LogP contribution in [0.4, 0.5) is 5.69 Å². The molecule has 1 aromatic heterocycles. The topological polar surface area (TPSA) is 87.5 Å². The number of anilines is 1. The lowest BCUT2D eigenvalue weighted by atomic mass is 10.1. The Morgan fingerprint density at radius 3 is 2.64 bits per heavy atom. The Kier molecular flexibility index (Phi) is 6.99. The quantitative estimate of drug-likeness (QED) is 0.370. The van der Waals surface area contributed by atoms with Crippen LogP contribution < -0.4 is 19.5 Å². The van der Waals surface area contributed by atoms with Gasteiger partial charge in [-0.15, -0.1) is 10.2 Å². The lowest BCUT2D eigenvalue weighted by Crippen LogP contribution is -2.15. The van der Waals surface area contributed by atoms with Gasteiger partial charge in [0.2, 0.25) is 5.91 Å². The van der Waals surface area contributed by atoms with Gasteiger partial charge in [0.25, 0.3) is 0 Å². The van der Waals surface area contributed by atoms with Gasteiger partial charge in [0.15, 0.2) is 11.0 Å². The molecule has 0 unspecified atom stereocenters. The minimum Gasteiger partial charge on any atom is -0.497 e. The Bertz CT molecular complexity index is 1270. The van der Waals surface area contributed by atoms with E-state index >= 15 is 0 Å². The fourth-order valence-corrected chi connectivity index (χ4v) is 4.01. The highest BCUT2D eigenvalue weighted by molar-refractivity contribution is 7.99. The first-order valence-electron chi connectivity index (χ1n) is 10.2.